The second-order valence-electron chi connectivity index (χ2n) is 2.56. The molecule has 1 aliphatic rings. The minimum atomic E-state index is -0.128. The predicted molar refractivity (Wildman–Crippen MR) is 40.4 cm³/mol. The monoisotopic (exact) mass is 156 g/mol. The second-order valence-corrected chi connectivity index (χ2v) is 2.56. The molecule has 1 amide bonds. The molecule has 0 spiro atoms. The van der Waals surface area contributed by atoms with Crippen LogP contribution in [-0.2, 0) is 9.63 Å². The highest BCUT2D eigenvalue weighted by molar-refractivity contribution is 5.80. The fraction of sp³-hybridized carbons (Fsp3) is 0.571. The van der Waals surface area contributed by atoms with E-state index in [1.165, 1.54) is 7.11 Å². The van der Waals surface area contributed by atoms with E-state index < -0.39 is 0 Å². The van der Waals surface area contributed by atoms with Crippen LogP contribution in [0.2, 0.25) is 0 Å². The van der Waals surface area contributed by atoms with Crippen molar-refractivity contribution in [2.24, 2.45) is 11.7 Å². The Bertz CT molecular complexity index is 179. The molecule has 2 atom stereocenters. The summed E-state index contributed by atoms with van der Waals surface area (Å²) in [6.45, 7) is 0. The molecule has 0 saturated heterocycles. The van der Waals surface area contributed by atoms with Gasteiger partial charge in [-0.1, -0.05) is 12.2 Å². The fourth-order valence-electron chi connectivity index (χ4n) is 1.10. The highest BCUT2D eigenvalue weighted by atomic mass is 16.6. The summed E-state index contributed by atoms with van der Waals surface area (Å²) in [5.41, 5.74) is 7.81. The Kier molecular flexibility index (Phi) is 2.62. The lowest BCUT2D eigenvalue weighted by molar-refractivity contribution is -0.134. The van der Waals surface area contributed by atoms with Gasteiger partial charge in [-0.05, 0) is 6.42 Å². The normalized spacial score (nSPS) is 28.9. The zero-order valence-electron chi connectivity index (χ0n) is 6.41. The molecule has 62 valence electrons. The highest BCUT2D eigenvalue weighted by Gasteiger charge is 2.22. The van der Waals surface area contributed by atoms with E-state index in [9.17, 15) is 4.79 Å². The Balaban J connectivity index is 2.38. The van der Waals surface area contributed by atoms with Crippen LogP contribution in [-0.4, -0.2) is 19.1 Å². The number of hydroxylamine groups is 1. The first-order valence-electron chi connectivity index (χ1n) is 3.51. The maximum atomic E-state index is 11.0. The maximum absolute atomic E-state index is 11.0. The topological polar surface area (TPSA) is 64.3 Å². The minimum absolute atomic E-state index is 0.0163. The number of rotatable bonds is 2. The molecule has 0 fully saturated rings. The van der Waals surface area contributed by atoms with Crippen molar-refractivity contribution in [2.45, 2.75) is 12.5 Å². The molecule has 0 radical (unpaired) electrons. The SMILES string of the molecule is CONC(=O)C1C=CC(N)C1. The summed E-state index contributed by atoms with van der Waals surface area (Å²) in [4.78, 5) is 15.5. The smallest absolute Gasteiger partial charge is 0.250 e. The predicted octanol–water partition coefficient (Wildman–Crippen LogP) is -0.433. The summed E-state index contributed by atoms with van der Waals surface area (Å²) < 4.78 is 0. The van der Waals surface area contributed by atoms with Gasteiger partial charge in [0.2, 0.25) is 0 Å². The first-order chi connectivity index (χ1) is 5.24. The van der Waals surface area contributed by atoms with Crippen LogP contribution < -0.4 is 11.2 Å². The standard InChI is InChI=1S/C7H12N2O2/c1-11-9-7(10)5-2-3-6(8)4-5/h2-3,5-6H,4,8H2,1H3,(H,9,10). The van der Waals surface area contributed by atoms with Crippen molar-refractivity contribution in [3.05, 3.63) is 12.2 Å². The van der Waals surface area contributed by atoms with Crippen molar-refractivity contribution in [2.75, 3.05) is 7.11 Å². The van der Waals surface area contributed by atoms with Crippen LogP contribution in [0.15, 0.2) is 12.2 Å². The van der Waals surface area contributed by atoms with E-state index in [1.807, 2.05) is 6.08 Å². The number of carbonyl (C=O) groups is 1. The van der Waals surface area contributed by atoms with Gasteiger partial charge in [-0.2, -0.15) is 0 Å². The third-order valence-corrected chi connectivity index (χ3v) is 1.66. The Hall–Kier alpha value is -0.870. The number of hydrogen-bond acceptors (Lipinski definition) is 3. The van der Waals surface area contributed by atoms with Crippen LogP contribution in [0.1, 0.15) is 6.42 Å². The van der Waals surface area contributed by atoms with Crippen molar-refractivity contribution in [1.82, 2.24) is 5.48 Å². The lowest BCUT2D eigenvalue weighted by atomic mass is 10.1. The molecule has 1 aliphatic carbocycles. The van der Waals surface area contributed by atoms with Gasteiger partial charge in [-0.15, -0.1) is 0 Å². The van der Waals surface area contributed by atoms with Gasteiger partial charge >= 0.3 is 0 Å². The largest absolute Gasteiger partial charge is 0.324 e. The van der Waals surface area contributed by atoms with E-state index in [2.05, 4.69) is 10.3 Å². The van der Waals surface area contributed by atoms with Crippen molar-refractivity contribution >= 4 is 5.91 Å². The average molecular weight is 156 g/mol. The lowest BCUT2D eigenvalue weighted by Crippen LogP contribution is -2.29. The molecule has 2 unspecified atom stereocenters. The van der Waals surface area contributed by atoms with E-state index in [1.54, 1.807) is 6.08 Å². The number of nitrogens with one attached hydrogen (secondary N) is 1. The van der Waals surface area contributed by atoms with Crippen LogP contribution >= 0.6 is 0 Å². The minimum Gasteiger partial charge on any atom is -0.324 e. The van der Waals surface area contributed by atoms with E-state index in [4.69, 9.17) is 5.73 Å². The second kappa shape index (κ2) is 3.50. The molecule has 0 aromatic rings. The molecule has 3 N–H and O–H groups in total. The van der Waals surface area contributed by atoms with Gasteiger partial charge in [0, 0.05) is 6.04 Å². The Labute approximate surface area is 65.4 Å². The Morgan fingerprint density at radius 2 is 2.45 bits per heavy atom. The van der Waals surface area contributed by atoms with Gasteiger partial charge in [0.1, 0.15) is 0 Å². The Morgan fingerprint density at radius 1 is 1.73 bits per heavy atom. The average Bonchev–Trinajstić information content (AvgIpc) is 2.36. The van der Waals surface area contributed by atoms with E-state index in [0.717, 1.165) is 0 Å². The van der Waals surface area contributed by atoms with Crippen LogP contribution in [0.5, 0.6) is 0 Å². The van der Waals surface area contributed by atoms with E-state index in [-0.39, 0.29) is 17.9 Å². The molecular weight excluding hydrogens is 144 g/mol. The summed E-state index contributed by atoms with van der Waals surface area (Å²) in [5.74, 6) is -0.248. The van der Waals surface area contributed by atoms with Crippen molar-refractivity contribution in [1.29, 1.82) is 0 Å². The number of carbonyl (C=O) groups excluding carboxylic acids is 1. The number of amides is 1. The van der Waals surface area contributed by atoms with Gasteiger partial charge in [0.15, 0.2) is 0 Å². The van der Waals surface area contributed by atoms with Crippen LogP contribution in [0.25, 0.3) is 0 Å². The summed E-state index contributed by atoms with van der Waals surface area (Å²) in [6, 6.07) is 0.0163. The van der Waals surface area contributed by atoms with Crippen molar-refractivity contribution < 1.29 is 9.63 Å². The molecule has 0 heterocycles. The van der Waals surface area contributed by atoms with Crippen LogP contribution in [0.3, 0.4) is 0 Å². The quantitative estimate of drug-likeness (QED) is 0.421. The fourth-order valence-corrected chi connectivity index (χ4v) is 1.10. The van der Waals surface area contributed by atoms with Crippen LogP contribution in [0, 0.1) is 5.92 Å². The van der Waals surface area contributed by atoms with Gasteiger partial charge in [0.05, 0.1) is 13.0 Å². The highest BCUT2D eigenvalue weighted by Crippen LogP contribution is 2.15. The molecule has 0 aromatic heterocycles. The summed E-state index contributed by atoms with van der Waals surface area (Å²) in [5, 5.41) is 0. The molecule has 0 bridgehead atoms. The van der Waals surface area contributed by atoms with Gasteiger partial charge in [-0.3, -0.25) is 9.63 Å². The third kappa shape index (κ3) is 2.03. The van der Waals surface area contributed by atoms with Gasteiger partial charge in [0.25, 0.3) is 5.91 Å². The molecule has 0 aromatic carbocycles. The summed E-state index contributed by atoms with van der Waals surface area (Å²) in [6.07, 6.45) is 4.31. The maximum Gasteiger partial charge on any atom is 0.250 e. The molecule has 0 saturated carbocycles. The van der Waals surface area contributed by atoms with E-state index >= 15 is 0 Å². The van der Waals surface area contributed by atoms with E-state index in [0.29, 0.717) is 6.42 Å². The lowest BCUT2D eigenvalue weighted by Gasteiger charge is -2.07. The number of nitrogens with two attached hydrogens (primary N) is 1. The molecule has 4 heteroatoms. The summed E-state index contributed by atoms with van der Waals surface area (Å²) in [7, 11) is 1.41. The molecule has 1 rings (SSSR count). The first kappa shape index (κ1) is 8.23. The third-order valence-electron chi connectivity index (χ3n) is 1.66. The molecule has 0 aliphatic heterocycles. The zero-order chi connectivity index (χ0) is 8.27. The van der Waals surface area contributed by atoms with Crippen molar-refractivity contribution in [3.8, 4) is 0 Å². The van der Waals surface area contributed by atoms with Gasteiger partial charge < -0.3 is 5.73 Å². The Morgan fingerprint density at radius 3 is 2.91 bits per heavy atom. The molecule has 4 nitrogen and oxygen atoms in total. The molecular formula is C7H12N2O2. The van der Waals surface area contributed by atoms with Crippen molar-refractivity contribution in [3.63, 3.8) is 0 Å². The van der Waals surface area contributed by atoms with Gasteiger partial charge in [-0.25, -0.2) is 5.48 Å². The molecule has 11 heavy (non-hydrogen) atoms. The first-order valence-corrected chi connectivity index (χ1v) is 3.51. The zero-order valence-corrected chi connectivity index (χ0v) is 6.41. The van der Waals surface area contributed by atoms with Crippen LogP contribution in [0.4, 0.5) is 0 Å². The summed E-state index contributed by atoms with van der Waals surface area (Å²) >= 11 is 0. The number of hydrogen-bond donors (Lipinski definition) is 2.